The van der Waals surface area contributed by atoms with E-state index in [-0.39, 0.29) is 31.1 Å². The zero-order valence-electron chi connectivity index (χ0n) is 44.9. The van der Waals surface area contributed by atoms with Crippen LogP contribution in [0.25, 0.3) is 0 Å². The van der Waals surface area contributed by atoms with Crippen molar-refractivity contribution in [3.05, 3.63) is 36.5 Å². The van der Waals surface area contributed by atoms with Crippen LogP contribution in [-0.4, -0.2) is 37.2 Å². The molecular weight excluding hydrogens is 829 g/mol. The molecular formula is C61H112O6. The van der Waals surface area contributed by atoms with Crippen LogP contribution < -0.4 is 0 Å². The normalized spacial score (nSPS) is 12.2. The van der Waals surface area contributed by atoms with E-state index >= 15 is 0 Å². The molecule has 0 saturated carbocycles. The summed E-state index contributed by atoms with van der Waals surface area (Å²) < 4.78 is 16.9. The number of carbonyl (C=O) groups is 3. The Morgan fingerprint density at radius 3 is 0.881 bits per heavy atom. The maximum Gasteiger partial charge on any atom is 0.306 e. The highest BCUT2D eigenvalue weighted by Crippen LogP contribution is 2.16. The van der Waals surface area contributed by atoms with Gasteiger partial charge >= 0.3 is 17.9 Å². The van der Waals surface area contributed by atoms with Gasteiger partial charge in [0.05, 0.1) is 0 Å². The molecule has 0 aliphatic carbocycles. The second-order valence-electron chi connectivity index (χ2n) is 19.9. The molecule has 0 aliphatic heterocycles. The molecule has 0 spiro atoms. The summed E-state index contributed by atoms with van der Waals surface area (Å²) in [5, 5.41) is 0. The molecule has 0 rings (SSSR count). The van der Waals surface area contributed by atoms with E-state index in [1.165, 1.54) is 212 Å². The smallest absolute Gasteiger partial charge is 0.306 e. The Balaban J connectivity index is 4.33. The molecule has 6 nitrogen and oxygen atoms in total. The van der Waals surface area contributed by atoms with Crippen molar-refractivity contribution >= 4 is 17.9 Å². The molecule has 0 unspecified atom stereocenters. The van der Waals surface area contributed by atoms with Crippen LogP contribution >= 0.6 is 0 Å². The summed E-state index contributed by atoms with van der Waals surface area (Å²) in [5.74, 6) is -0.861. The van der Waals surface area contributed by atoms with E-state index in [1.54, 1.807) is 0 Å². The zero-order valence-corrected chi connectivity index (χ0v) is 44.9. The maximum absolute atomic E-state index is 12.9. The summed E-state index contributed by atoms with van der Waals surface area (Å²) in [5.41, 5.74) is 0. The molecule has 0 aromatic carbocycles. The molecule has 0 aromatic heterocycles. The number of hydrogen-bond donors (Lipinski definition) is 0. The number of ether oxygens (including phenoxy) is 3. The molecule has 0 heterocycles. The number of hydrogen-bond acceptors (Lipinski definition) is 6. The van der Waals surface area contributed by atoms with Crippen molar-refractivity contribution in [1.29, 1.82) is 0 Å². The standard InChI is InChI=1S/C61H112O6/c1-4-7-10-13-16-19-22-25-28-29-30-31-34-36-39-42-45-48-51-54-60(63)66-57-58(67-61(64)55-52-49-46-43-40-37-33-27-24-21-18-15-12-9-6-3)56-65-59(62)53-50-47-44-41-38-35-32-26-23-20-17-14-11-8-5-2/h16,19-20,23,25,28,58H,4-15,17-18,21-22,24,26-27,29-57H2,1-3H3/b19-16-,23-20-,28-25-/t58-/m0/s1. The Morgan fingerprint density at radius 2 is 0.537 bits per heavy atom. The van der Waals surface area contributed by atoms with Gasteiger partial charge in [-0.3, -0.25) is 14.4 Å². The van der Waals surface area contributed by atoms with Gasteiger partial charge in [-0.15, -0.1) is 0 Å². The molecule has 0 aromatic rings. The van der Waals surface area contributed by atoms with E-state index in [4.69, 9.17) is 14.2 Å². The van der Waals surface area contributed by atoms with E-state index in [0.29, 0.717) is 19.3 Å². The molecule has 0 aliphatic rings. The number of unbranched alkanes of at least 4 members (excludes halogenated alkanes) is 37. The number of rotatable bonds is 54. The third-order valence-corrected chi connectivity index (χ3v) is 13.1. The Kier molecular flexibility index (Phi) is 54.2. The number of carbonyl (C=O) groups excluding carboxylic acids is 3. The third kappa shape index (κ3) is 54.4. The molecule has 0 fully saturated rings. The van der Waals surface area contributed by atoms with Crippen molar-refractivity contribution in [2.45, 2.75) is 322 Å². The third-order valence-electron chi connectivity index (χ3n) is 13.1. The van der Waals surface area contributed by atoms with Crippen LogP contribution in [0.15, 0.2) is 36.5 Å². The first-order valence-corrected chi connectivity index (χ1v) is 29.5. The van der Waals surface area contributed by atoms with E-state index in [9.17, 15) is 14.4 Å². The van der Waals surface area contributed by atoms with Gasteiger partial charge in [-0.25, -0.2) is 0 Å². The summed E-state index contributed by atoms with van der Waals surface area (Å²) in [6, 6.07) is 0. The number of esters is 3. The first kappa shape index (κ1) is 64.6. The highest BCUT2D eigenvalue weighted by molar-refractivity contribution is 5.71. The highest BCUT2D eigenvalue weighted by Gasteiger charge is 2.19. The van der Waals surface area contributed by atoms with Gasteiger partial charge in [0, 0.05) is 19.3 Å². The van der Waals surface area contributed by atoms with Crippen molar-refractivity contribution < 1.29 is 28.6 Å². The SMILES string of the molecule is CCCCC/C=C\C/C=C\CCCCCCCCCCCC(=O)OC[C@H](COC(=O)CCCCCCCCC/C=C\CCCCCC)OC(=O)CCCCCCCCCCCCCCCCC. The lowest BCUT2D eigenvalue weighted by atomic mass is 10.0. The quantitative estimate of drug-likeness (QED) is 0.0262. The molecule has 6 heteroatoms. The largest absolute Gasteiger partial charge is 0.462 e. The van der Waals surface area contributed by atoms with Crippen molar-refractivity contribution in [3.8, 4) is 0 Å². The molecule has 392 valence electrons. The summed E-state index contributed by atoms with van der Waals surface area (Å²) in [6.07, 6.45) is 67.0. The lowest BCUT2D eigenvalue weighted by Gasteiger charge is -2.18. The van der Waals surface area contributed by atoms with Crippen molar-refractivity contribution in [2.75, 3.05) is 13.2 Å². The first-order chi connectivity index (χ1) is 33.0. The fourth-order valence-corrected chi connectivity index (χ4v) is 8.65. The molecule has 67 heavy (non-hydrogen) atoms. The maximum atomic E-state index is 12.9. The van der Waals surface area contributed by atoms with E-state index < -0.39 is 6.10 Å². The minimum Gasteiger partial charge on any atom is -0.462 e. The molecule has 0 bridgehead atoms. The van der Waals surface area contributed by atoms with Crippen LogP contribution in [0, 0.1) is 0 Å². The van der Waals surface area contributed by atoms with Gasteiger partial charge in [0.2, 0.25) is 0 Å². The van der Waals surface area contributed by atoms with Crippen LogP contribution in [0.1, 0.15) is 316 Å². The molecule has 0 saturated heterocycles. The minimum atomic E-state index is -0.772. The van der Waals surface area contributed by atoms with Gasteiger partial charge in [-0.1, -0.05) is 256 Å². The van der Waals surface area contributed by atoms with E-state index in [0.717, 1.165) is 64.2 Å². The van der Waals surface area contributed by atoms with Gasteiger partial charge in [-0.2, -0.15) is 0 Å². The van der Waals surface area contributed by atoms with E-state index in [2.05, 4.69) is 57.2 Å². The molecule has 1 atom stereocenters. The molecule has 0 amide bonds. The summed E-state index contributed by atoms with van der Waals surface area (Å²) in [7, 11) is 0. The van der Waals surface area contributed by atoms with Crippen LogP contribution in [0.5, 0.6) is 0 Å². The average Bonchev–Trinajstić information content (AvgIpc) is 3.33. The summed E-state index contributed by atoms with van der Waals surface area (Å²) in [4.78, 5) is 38.2. The highest BCUT2D eigenvalue weighted by atomic mass is 16.6. The summed E-state index contributed by atoms with van der Waals surface area (Å²) >= 11 is 0. The Hall–Kier alpha value is -2.37. The van der Waals surface area contributed by atoms with Crippen LogP contribution in [0.4, 0.5) is 0 Å². The van der Waals surface area contributed by atoms with Gasteiger partial charge < -0.3 is 14.2 Å². The van der Waals surface area contributed by atoms with Crippen molar-refractivity contribution in [2.24, 2.45) is 0 Å². The Bertz CT molecular complexity index is 1130. The van der Waals surface area contributed by atoms with Crippen LogP contribution in [0.3, 0.4) is 0 Å². The van der Waals surface area contributed by atoms with E-state index in [1.807, 2.05) is 0 Å². The lowest BCUT2D eigenvalue weighted by molar-refractivity contribution is -0.167. The Labute approximate surface area is 416 Å². The van der Waals surface area contributed by atoms with Gasteiger partial charge in [-0.05, 0) is 77.0 Å². The average molecular weight is 942 g/mol. The topological polar surface area (TPSA) is 78.9 Å². The summed E-state index contributed by atoms with van der Waals surface area (Å²) in [6.45, 7) is 6.64. The fraction of sp³-hybridized carbons (Fsp3) is 0.852. The predicted octanol–water partition coefficient (Wildman–Crippen LogP) is 19.7. The number of allylic oxidation sites excluding steroid dienone is 6. The monoisotopic (exact) mass is 941 g/mol. The van der Waals surface area contributed by atoms with Crippen molar-refractivity contribution in [1.82, 2.24) is 0 Å². The first-order valence-electron chi connectivity index (χ1n) is 29.5. The minimum absolute atomic E-state index is 0.0720. The molecule has 0 N–H and O–H groups in total. The second kappa shape index (κ2) is 56.2. The fourth-order valence-electron chi connectivity index (χ4n) is 8.65. The predicted molar refractivity (Wildman–Crippen MR) is 289 cm³/mol. The lowest BCUT2D eigenvalue weighted by Crippen LogP contribution is -2.30. The Morgan fingerprint density at radius 1 is 0.299 bits per heavy atom. The van der Waals surface area contributed by atoms with Gasteiger partial charge in [0.1, 0.15) is 13.2 Å². The van der Waals surface area contributed by atoms with Gasteiger partial charge in [0.15, 0.2) is 6.10 Å². The second-order valence-corrected chi connectivity index (χ2v) is 19.9. The zero-order chi connectivity index (χ0) is 48.6. The van der Waals surface area contributed by atoms with Crippen LogP contribution in [-0.2, 0) is 28.6 Å². The van der Waals surface area contributed by atoms with Crippen LogP contribution in [0.2, 0.25) is 0 Å². The van der Waals surface area contributed by atoms with Gasteiger partial charge in [0.25, 0.3) is 0 Å². The molecule has 0 radical (unpaired) electrons. The van der Waals surface area contributed by atoms with Crippen molar-refractivity contribution in [3.63, 3.8) is 0 Å².